The molecule has 92 heavy (non-hydrogen) atoms. The van der Waals surface area contributed by atoms with E-state index in [2.05, 4.69) is 74.6 Å². The van der Waals surface area contributed by atoms with E-state index in [0.29, 0.717) is 12.8 Å². The van der Waals surface area contributed by atoms with E-state index in [1.165, 1.54) is 372 Å². The van der Waals surface area contributed by atoms with Gasteiger partial charge in [0.05, 0.1) is 6.61 Å². The number of hydrogen-bond donors (Lipinski definition) is 1. The average molecular weight is 1290 g/mol. The zero-order chi connectivity index (χ0) is 66.1. The lowest BCUT2D eigenvalue weighted by Gasteiger charge is -2.15. The molecule has 1 unspecified atom stereocenters. The zero-order valence-corrected chi connectivity index (χ0v) is 62.3. The van der Waals surface area contributed by atoms with E-state index >= 15 is 0 Å². The van der Waals surface area contributed by atoms with Crippen LogP contribution >= 0.6 is 0 Å². The van der Waals surface area contributed by atoms with Crippen molar-refractivity contribution in [3.8, 4) is 0 Å². The van der Waals surface area contributed by atoms with Crippen LogP contribution in [0.15, 0.2) is 60.8 Å². The maximum atomic E-state index is 12.4. The molecule has 0 aromatic heterocycles. The lowest BCUT2D eigenvalue weighted by atomic mass is 10.0. The minimum atomic E-state index is -0.772. The van der Waals surface area contributed by atoms with E-state index in [9.17, 15) is 14.7 Å². The van der Waals surface area contributed by atoms with Gasteiger partial charge in [-0.3, -0.25) is 9.59 Å². The van der Waals surface area contributed by atoms with E-state index in [1.807, 2.05) is 0 Å². The number of ether oxygens (including phenoxy) is 2. The average Bonchev–Trinajstić information content (AvgIpc) is 3.70. The number of allylic oxidation sites excluding steroid dienone is 10. The number of carbonyl (C=O) groups is 2. The number of unbranched alkanes of at least 4 members (excludes halogenated alkanes) is 61. The van der Waals surface area contributed by atoms with Gasteiger partial charge in [-0.1, -0.05) is 453 Å². The molecule has 0 aliphatic heterocycles. The molecule has 0 rings (SSSR count). The summed E-state index contributed by atoms with van der Waals surface area (Å²) >= 11 is 0. The fraction of sp³-hybridized carbons (Fsp3) is 0.862. The van der Waals surface area contributed by atoms with Crippen LogP contribution in [-0.4, -0.2) is 36.4 Å². The first-order valence-corrected chi connectivity index (χ1v) is 41.8. The molecular formula is C87H162O5. The third-order valence-electron chi connectivity index (χ3n) is 19.3. The van der Waals surface area contributed by atoms with Gasteiger partial charge in [0, 0.05) is 12.8 Å². The summed E-state index contributed by atoms with van der Waals surface area (Å²) in [6.07, 6.45) is 115. The summed E-state index contributed by atoms with van der Waals surface area (Å²) in [6, 6.07) is 0. The maximum Gasteiger partial charge on any atom is 0.306 e. The number of esters is 2. The molecule has 5 nitrogen and oxygen atoms in total. The van der Waals surface area contributed by atoms with Gasteiger partial charge in [0.2, 0.25) is 0 Å². The van der Waals surface area contributed by atoms with Crippen molar-refractivity contribution in [2.45, 2.75) is 469 Å². The molecule has 1 atom stereocenters. The second-order valence-electron chi connectivity index (χ2n) is 28.5. The first-order chi connectivity index (χ1) is 45.6. The smallest absolute Gasteiger partial charge is 0.306 e. The lowest BCUT2D eigenvalue weighted by molar-refractivity contribution is -0.161. The van der Waals surface area contributed by atoms with Crippen LogP contribution in [0.5, 0.6) is 0 Å². The Bertz CT molecular complexity index is 1560. The van der Waals surface area contributed by atoms with Gasteiger partial charge in [-0.25, -0.2) is 0 Å². The number of aliphatic hydroxyl groups excluding tert-OH is 1. The Kier molecular flexibility index (Phi) is 80.7. The van der Waals surface area contributed by atoms with Crippen molar-refractivity contribution in [1.29, 1.82) is 0 Å². The molecule has 0 saturated heterocycles. The van der Waals surface area contributed by atoms with Crippen LogP contribution in [-0.2, 0) is 19.1 Å². The molecule has 0 fully saturated rings. The van der Waals surface area contributed by atoms with E-state index in [4.69, 9.17) is 9.47 Å². The van der Waals surface area contributed by atoms with Crippen molar-refractivity contribution >= 4 is 11.9 Å². The van der Waals surface area contributed by atoms with E-state index in [0.717, 1.165) is 64.2 Å². The number of aliphatic hydroxyl groups is 1. The van der Waals surface area contributed by atoms with Crippen LogP contribution in [0.4, 0.5) is 0 Å². The highest BCUT2D eigenvalue weighted by Crippen LogP contribution is 2.21. The summed E-state index contributed by atoms with van der Waals surface area (Å²) in [4.78, 5) is 24.7. The topological polar surface area (TPSA) is 72.8 Å². The Labute approximate surface area is 576 Å². The monoisotopic (exact) mass is 1290 g/mol. The van der Waals surface area contributed by atoms with E-state index < -0.39 is 6.10 Å². The highest BCUT2D eigenvalue weighted by molar-refractivity contribution is 5.70. The highest BCUT2D eigenvalue weighted by Gasteiger charge is 2.16. The lowest BCUT2D eigenvalue weighted by Crippen LogP contribution is -2.28. The minimum absolute atomic E-state index is 0.0594. The SMILES string of the molecule is CC/C=C\C/C=C\C/C=C\C/C=C\C/C=C\CCCCCCCCCCCCCCCCCCCCCCCC(=O)OC(CO)COC(=O)CCCCCCCCCCCCCCCCCCCCCCCCCCCCCCCCCCCCCCCCCCC. The first-order valence-electron chi connectivity index (χ1n) is 41.8. The van der Waals surface area contributed by atoms with Gasteiger partial charge in [-0.15, -0.1) is 0 Å². The van der Waals surface area contributed by atoms with E-state index in [-0.39, 0.29) is 25.2 Å². The van der Waals surface area contributed by atoms with Crippen LogP contribution < -0.4 is 0 Å². The molecule has 540 valence electrons. The summed E-state index contributed by atoms with van der Waals surface area (Å²) in [6.45, 7) is 4.10. The van der Waals surface area contributed by atoms with Crippen LogP contribution in [0.2, 0.25) is 0 Å². The molecule has 0 radical (unpaired) electrons. The molecule has 0 saturated carbocycles. The Hall–Kier alpha value is -2.40. The van der Waals surface area contributed by atoms with Gasteiger partial charge in [0.15, 0.2) is 6.10 Å². The molecule has 1 N–H and O–H groups in total. The van der Waals surface area contributed by atoms with Crippen molar-refractivity contribution in [3.63, 3.8) is 0 Å². The molecule has 0 bridgehead atoms. The molecule has 0 aromatic rings. The van der Waals surface area contributed by atoms with E-state index in [1.54, 1.807) is 0 Å². The van der Waals surface area contributed by atoms with Crippen molar-refractivity contribution in [3.05, 3.63) is 60.8 Å². The summed E-state index contributed by atoms with van der Waals surface area (Å²) in [5.41, 5.74) is 0. The fourth-order valence-corrected chi connectivity index (χ4v) is 13.1. The Balaban J connectivity index is 3.35. The van der Waals surface area contributed by atoms with Crippen molar-refractivity contribution in [2.24, 2.45) is 0 Å². The van der Waals surface area contributed by atoms with Crippen LogP contribution in [0.1, 0.15) is 463 Å². The minimum Gasteiger partial charge on any atom is -0.462 e. The molecule has 0 aliphatic carbocycles. The standard InChI is InChI=1S/C87H162O5/c1-3-5-7-9-11-13-15-17-19-21-23-25-27-29-31-33-35-37-39-41-42-43-44-46-47-49-51-53-55-57-59-61-63-65-67-69-71-73-75-77-79-81-86(89)91-84-85(83-88)92-87(90)82-80-78-76-74-72-70-68-66-64-62-60-58-56-54-52-50-48-45-40-38-36-34-32-30-28-26-24-22-20-18-16-14-12-10-8-6-4-2/h6,8,12,14,18,20,24,26,30,32,85,88H,3-5,7,9-11,13,15-17,19,21-23,25,27-29,31,33-84H2,1-2H3/b8-6-,14-12-,20-18-,26-24-,32-30-. The maximum absolute atomic E-state index is 12.4. The largest absolute Gasteiger partial charge is 0.462 e. The third kappa shape index (κ3) is 80.0. The number of rotatable bonds is 79. The third-order valence-corrected chi connectivity index (χ3v) is 19.3. The molecule has 0 heterocycles. The Morgan fingerprint density at radius 1 is 0.261 bits per heavy atom. The zero-order valence-electron chi connectivity index (χ0n) is 62.3. The predicted octanol–water partition coefficient (Wildman–Crippen LogP) is 29.6. The van der Waals surface area contributed by atoms with Gasteiger partial charge in [0.25, 0.3) is 0 Å². The summed E-state index contributed by atoms with van der Waals surface area (Å²) in [5.74, 6) is -0.563. The van der Waals surface area contributed by atoms with Crippen LogP contribution in [0.25, 0.3) is 0 Å². The second-order valence-corrected chi connectivity index (χ2v) is 28.5. The highest BCUT2D eigenvalue weighted by atomic mass is 16.6. The fourth-order valence-electron chi connectivity index (χ4n) is 13.1. The van der Waals surface area contributed by atoms with Crippen molar-refractivity contribution in [2.75, 3.05) is 13.2 Å². The van der Waals surface area contributed by atoms with Crippen molar-refractivity contribution in [1.82, 2.24) is 0 Å². The van der Waals surface area contributed by atoms with Gasteiger partial charge in [0.1, 0.15) is 6.61 Å². The molecule has 5 heteroatoms. The van der Waals surface area contributed by atoms with Crippen LogP contribution in [0, 0.1) is 0 Å². The normalized spacial score (nSPS) is 12.4. The van der Waals surface area contributed by atoms with Gasteiger partial charge < -0.3 is 14.6 Å². The quantitative estimate of drug-likeness (QED) is 0.0373. The number of hydrogen-bond acceptors (Lipinski definition) is 5. The summed E-state index contributed by atoms with van der Waals surface area (Å²) in [5, 5.41) is 9.74. The van der Waals surface area contributed by atoms with Crippen LogP contribution in [0.3, 0.4) is 0 Å². The molecular weight excluding hydrogens is 1120 g/mol. The number of carbonyl (C=O) groups excluding carboxylic acids is 2. The molecule has 0 amide bonds. The van der Waals surface area contributed by atoms with Gasteiger partial charge >= 0.3 is 11.9 Å². The molecule has 0 aliphatic rings. The van der Waals surface area contributed by atoms with Crippen molar-refractivity contribution < 1.29 is 24.2 Å². The Morgan fingerprint density at radius 3 is 0.707 bits per heavy atom. The van der Waals surface area contributed by atoms with Gasteiger partial charge in [-0.2, -0.15) is 0 Å². The Morgan fingerprint density at radius 2 is 0.467 bits per heavy atom. The first kappa shape index (κ1) is 89.6. The molecule has 0 aromatic carbocycles. The second kappa shape index (κ2) is 82.8. The van der Waals surface area contributed by atoms with Gasteiger partial charge in [-0.05, 0) is 57.8 Å². The molecule has 0 spiro atoms. The summed E-state index contributed by atoms with van der Waals surface area (Å²) in [7, 11) is 0. The predicted molar refractivity (Wildman–Crippen MR) is 408 cm³/mol. The summed E-state index contributed by atoms with van der Waals surface area (Å²) < 4.78 is 10.8.